The van der Waals surface area contributed by atoms with Gasteiger partial charge in [0.1, 0.15) is 0 Å². The molecule has 90 valence electrons. The second-order valence-corrected chi connectivity index (χ2v) is 4.42. The Hall–Kier alpha value is -1.05. The van der Waals surface area contributed by atoms with E-state index >= 15 is 0 Å². The number of hydrogen-bond acceptors (Lipinski definition) is 3. The Morgan fingerprint density at radius 2 is 2.31 bits per heavy atom. The van der Waals surface area contributed by atoms with E-state index in [0.29, 0.717) is 19.1 Å². The summed E-state index contributed by atoms with van der Waals surface area (Å²) in [4.78, 5) is 16.1. The maximum Gasteiger partial charge on any atom is 0.234 e. The summed E-state index contributed by atoms with van der Waals surface area (Å²) in [6.45, 7) is 6.04. The molecule has 0 aromatic rings. The first-order chi connectivity index (χ1) is 7.63. The smallest absolute Gasteiger partial charge is 0.234 e. The molecule has 0 saturated carbocycles. The van der Waals surface area contributed by atoms with Crippen LogP contribution in [0.2, 0.25) is 0 Å². The van der Waals surface area contributed by atoms with Crippen LogP contribution in [0.5, 0.6) is 0 Å². The number of hydrogen-bond donors (Lipinski definition) is 1. The first-order valence-corrected chi connectivity index (χ1v) is 5.76. The summed E-state index contributed by atoms with van der Waals surface area (Å²) in [7, 11) is 2.12. The first kappa shape index (κ1) is 13.0. The topological polar surface area (TPSA) is 35.6 Å². The van der Waals surface area contributed by atoms with E-state index in [1.165, 1.54) is 0 Å². The second kappa shape index (κ2) is 6.51. The molecule has 1 amide bonds. The predicted molar refractivity (Wildman–Crippen MR) is 65.0 cm³/mol. The van der Waals surface area contributed by atoms with E-state index in [9.17, 15) is 4.79 Å². The van der Waals surface area contributed by atoms with Crippen LogP contribution in [0.15, 0.2) is 0 Å². The molecule has 1 rings (SSSR count). The average Bonchev–Trinajstić information content (AvgIpc) is 2.38. The zero-order chi connectivity index (χ0) is 12.0. The molecule has 4 nitrogen and oxygen atoms in total. The molecule has 0 aromatic heterocycles. The predicted octanol–water partition coefficient (Wildman–Crippen LogP) is -0.238. The fourth-order valence-electron chi connectivity index (χ4n) is 2.05. The van der Waals surface area contributed by atoms with Gasteiger partial charge in [-0.2, -0.15) is 0 Å². The van der Waals surface area contributed by atoms with E-state index in [1.807, 2.05) is 0 Å². The highest BCUT2D eigenvalue weighted by molar-refractivity contribution is 5.78. The number of amides is 1. The molecule has 1 heterocycles. The molecule has 0 aromatic carbocycles. The highest BCUT2D eigenvalue weighted by Crippen LogP contribution is 2.07. The zero-order valence-corrected chi connectivity index (χ0v) is 10.2. The Labute approximate surface area is 98.0 Å². The second-order valence-electron chi connectivity index (χ2n) is 4.42. The van der Waals surface area contributed by atoms with Crippen molar-refractivity contribution < 1.29 is 4.79 Å². The van der Waals surface area contributed by atoms with Gasteiger partial charge in [0.25, 0.3) is 0 Å². The van der Waals surface area contributed by atoms with Gasteiger partial charge < -0.3 is 10.2 Å². The molecule has 1 unspecified atom stereocenters. The highest BCUT2D eigenvalue weighted by atomic mass is 16.2. The summed E-state index contributed by atoms with van der Waals surface area (Å²) < 4.78 is 0. The Kier molecular flexibility index (Phi) is 5.30. The van der Waals surface area contributed by atoms with Crippen molar-refractivity contribution in [1.29, 1.82) is 0 Å². The van der Waals surface area contributed by atoms with Gasteiger partial charge in [0.15, 0.2) is 0 Å². The van der Waals surface area contributed by atoms with Gasteiger partial charge >= 0.3 is 0 Å². The normalized spacial score (nSPS) is 23.4. The van der Waals surface area contributed by atoms with Crippen molar-refractivity contribution in [2.45, 2.75) is 19.4 Å². The fraction of sp³-hybridized carbons (Fsp3) is 0.750. The molecular weight excluding hydrogens is 202 g/mol. The van der Waals surface area contributed by atoms with Gasteiger partial charge in [0.05, 0.1) is 13.1 Å². The lowest BCUT2D eigenvalue weighted by molar-refractivity contribution is -0.122. The lowest BCUT2D eigenvalue weighted by atomic mass is 10.2. The van der Waals surface area contributed by atoms with E-state index < -0.39 is 0 Å². The molecule has 0 radical (unpaired) electrons. The molecule has 1 atom stereocenters. The van der Waals surface area contributed by atoms with Gasteiger partial charge in [0, 0.05) is 19.1 Å². The molecule has 4 heteroatoms. The van der Waals surface area contributed by atoms with Crippen molar-refractivity contribution in [3.63, 3.8) is 0 Å². The lowest BCUT2D eigenvalue weighted by Crippen LogP contribution is -2.44. The third-order valence-corrected chi connectivity index (χ3v) is 2.92. The van der Waals surface area contributed by atoms with Crippen molar-refractivity contribution in [2.24, 2.45) is 0 Å². The van der Waals surface area contributed by atoms with Crippen LogP contribution in [0, 0.1) is 12.3 Å². The number of nitrogens with zero attached hydrogens (tertiary/aromatic N) is 2. The summed E-state index contributed by atoms with van der Waals surface area (Å²) in [6, 6.07) is 0.420. The fourth-order valence-corrected chi connectivity index (χ4v) is 2.05. The molecule has 1 aliphatic heterocycles. The molecule has 1 N–H and O–H groups in total. The molecule has 0 bridgehead atoms. The molecule has 16 heavy (non-hydrogen) atoms. The summed E-state index contributed by atoms with van der Waals surface area (Å²) in [5, 5.41) is 2.70. The van der Waals surface area contributed by atoms with Crippen molar-refractivity contribution in [2.75, 3.05) is 39.8 Å². The third kappa shape index (κ3) is 4.21. The summed E-state index contributed by atoms with van der Waals surface area (Å²) >= 11 is 0. The third-order valence-electron chi connectivity index (χ3n) is 2.92. The van der Waals surface area contributed by atoms with Crippen LogP contribution in [0.25, 0.3) is 0 Å². The van der Waals surface area contributed by atoms with Crippen molar-refractivity contribution >= 4 is 5.91 Å². The van der Waals surface area contributed by atoms with Crippen molar-refractivity contribution in [3.05, 3.63) is 0 Å². The van der Waals surface area contributed by atoms with E-state index in [2.05, 4.69) is 35.0 Å². The highest BCUT2D eigenvalue weighted by Gasteiger charge is 2.21. The van der Waals surface area contributed by atoms with Gasteiger partial charge in [0.2, 0.25) is 5.91 Å². The molecule has 1 aliphatic rings. The monoisotopic (exact) mass is 223 g/mol. The average molecular weight is 223 g/mol. The maximum atomic E-state index is 11.5. The summed E-state index contributed by atoms with van der Waals surface area (Å²) in [5.74, 6) is 2.43. The Morgan fingerprint density at radius 1 is 1.56 bits per heavy atom. The first-order valence-electron chi connectivity index (χ1n) is 5.76. The Morgan fingerprint density at radius 3 is 3.00 bits per heavy atom. The molecule has 0 aliphatic carbocycles. The van der Waals surface area contributed by atoms with Crippen LogP contribution < -0.4 is 5.32 Å². The van der Waals surface area contributed by atoms with Gasteiger partial charge in [-0.15, -0.1) is 6.42 Å². The van der Waals surface area contributed by atoms with Crippen LogP contribution in [-0.2, 0) is 4.79 Å². The SMILES string of the molecule is C#CCNC(=O)CN1CCCN(C)CC1C. The Bertz CT molecular complexity index is 272. The van der Waals surface area contributed by atoms with Crippen LogP contribution in [0.1, 0.15) is 13.3 Å². The Balaban J connectivity index is 2.40. The summed E-state index contributed by atoms with van der Waals surface area (Å²) in [6.07, 6.45) is 6.21. The van der Waals surface area contributed by atoms with Gasteiger partial charge in [-0.25, -0.2) is 0 Å². The minimum absolute atomic E-state index is 0.0225. The standard InChI is InChI=1S/C12H21N3O/c1-4-6-13-12(16)10-15-8-5-7-14(3)9-11(15)2/h1,11H,5-10H2,2-3H3,(H,13,16). The van der Waals surface area contributed by atoms with Gasteiger partial charge in [-0.05, 0) is 26.9 Å². The van der Waals surface area contributed by atoms with E-state index in [4.69, 9.17) is 6.42 Å². The number of terminal acetylenes is 1. The van der Waals surface area contributed by atoms with E-state index in [0.717, 1.165) is 26.1 Å². The minimum Gasteiger partial charge on any atom is -0.344 e. The molecule has 1 saturated heterocycles. The molecular formula is C12H21N3O. The maximum absolute atomic E-state index is 11.5. The van der Waals surface area contributed by atoms with Crippen LogP contribution >= 0.6 is 0 Å². The number of nitrogens with one attached hydrogen (secondary N) is 1. The lowest BCUT2D eigenvalue weighted by Gasteiger charge is -2.26. The number of likely N-dealkylation sites (N-methyl/N-ethyl adjacent to an activating group) is 1. The van der Waals surface area contributed by atoms with Crippen molar-refractivity contribution in [1.82, 2.24) is 15.1 Å². The van der Waals surface area contributed by atoms with Crippen LogP contribution in [0.4, 0.5) is 0 Å². The summed E-state index contributed by atoms with van der Waals surface area (Å²) in [5.41, 5.74) is 0. The molecule has 0 spiro atoms. The van der Waals surface area contributed by atoms with Crippen LogP contribution in [-0.4, -0.2) is 61.5 Å². The quantitative estimate of drug-likeness (QED) is 0.671. The molecule has 1 fully saturated rings. The van der Waals surface area contributed by atoms with E-state index in [1.54, 1.807) is 0 Å². The van der Waals surface area contributed by atoms with Gasteiger partial charge in [-0.3, -0.25) is 9.69 Å². The van der Waals surface area contributed by atoms with Gasteiger partial charge in [-0.1, -0.05) is 5.92 Å². The van der Waals surface area contributed by atoms with Crippen molar-refractivity contribution in [3.8, 4) is 12.3 Å². The minimum atomic E-state index is 0.0225. The number of rotatable bonds is 3. The number of carbonyl (C=O) groups excluding carboxylic acids is 1. The largest absolute Gasteiger partial charge is 0.344 e. The van der Waals surface area contributed by atoms with Crippen LogP contribution in [0.3, 0.4) is 0 Å². The zero-order valence-electron chi connectivity index (χ0n) is 10.2. The van der Waals surface area contributed by atoms with E-state index in [-0.39, 0.29) is 5.91 Å². The number of carbonyl (C=O) groups is 1.